The van der Waals surface area contributed by atoms with E-state index < -0.39 is 42.7 Å². The van der Waals surface area contributed by atoms with Gasteiger partial charge in [-0.3, -0.25) is 0 Å². The second-order valence-corrected chi connectivity index (χ2v) is 13.9. The first kappa shape index (κ1) is 39.3. The lowest BCUT2D eigenvalue weighted by atomic mass is 9.90. The summed E-state index contributed by atoms with van der Waals surface area (Å²) in [4.78, 5) is 0. The number of rotatable bonds is 20. The smallest absolute Gasteiger partial charge is 0.168 e. The Morgan fingerprint density at radius 1 is 0.500 bits per heavy atom. The number of hydrogen-bond donors (Lipinski definition) is 1. The molecule has 0 unspecified atom stereocenters. The predicted molar refractivity (Wildman–Crippen MR) is 211 cm³/mol. The molecule has 0 amide bonds. The SMILES string of the molecule is O[C@H](C[C@H]1O[C@H](COCc2ccccc2)[C@H](OCc2ccccc2)[C@H](OCc2ccccc2)[C@H]1OCc1ccccc1)[C@@H](OCc1ccccc1)c1ccno1. The van der Waals surface area contributed by atoms with Gasteiger partial charge in [-0.1, -0.05) is 157 Å². The van der Waals surface area contributed by atoms with Crippen LogP contribution >= 0.6 is 0 Å². The van der Waals surface area contributed by atoms with E-state index in [0.717, 1.165) is 27.8 Å². The molecule has 1 aliphatic heterocycles. The molecular formula is C47H49NO8. The van der Waals surface area contributed by atoms with Crippen LogP contribution in [0.2, 0.25) is 0 Å². The van der Waals surface area contributed by atoms with Crippen molar-refractivity contribution in [2.45, 2.75) is 82.2 Å². The van der Waals surface area contributed by atoms with E-state index in [4.69, 9.17) is 32.9 Å². The Bertz CT molecular complexity index is 1930. The van der Waals surface area contributed by atoms with Crippen molar-refractivity contribution in [3.05, 3.63) is 197 Å². The summed E-state index contributed by atoms with van der Waals surface area (Å²) in [6, 6.07) is 51.6. The standard InChI is InChI=1S/C47H49NO8/c49-40(44(41-26-27-48-56-41)51-30-36-18-8-2-9-19-36)28-42-45(52-31-37-20-10-3-11-21-37)47(54-33-39-24-14-5-15-25-39)46(53-32-38-22-12-4-13-23-38)43(55-42)34-50-29-35-16-6-1-7-17-35/h1-27,40,42-47,49H,28-34H2/t40-,42-,43-,44-,45+,46+,47-/m1/s1. The Hall–Kier alpha value is -4.97. The van der Waals surface area contributed by atoms with Gasteiger partial charge in [-0.2, -0.15) is 0 Å². The number of aliphatic hydroxyl groups excluding tert-OH is 1. The van der Waals surface area contributed by atoms with Crippen LogP contribution in [0.5, 0.6) is 0 Å². The van der Waals surface area contributed by atoms with Crippen LogP contribution in [0.4, 0.5) is 0 Å². The molecular weight excluding hydrogens is 707 g/mol. The van der Waals surface area contributed by atoms with E-state index in [1.165, 1.54) is 0 Å². The van der Waals surface area contributed by atoms with Crippen LogP contribution in [0.25, 0.3) is 0 Å². The van der Waals surface area contributed by atoms with Crippen LogP contribution in [0.15, 0.2) is 168 Å². The van der Waals surface area contributed by atoms with Crippen LogP contribution in [-0.4, -0.2) is 53.5 Å². The molecule has 9 heteroatoms. The normalized spacial score (nSPS) is 20.7. The van der Waals surface area contributed by atoms with Gasteiger partial charge >= 0.3 is 0 Å². The zero-order valence-corrected chi connectivity index (χ0v) is 31.3. The van der Waals surface area contributed by atoms with Crippen LogP contribution < -0.4 is 0 Å². The Kier molecular flexibility index (Phi) is 14.6. The van der Waals surface area contributed by atoms with Gasteiger partial charge in [0, 0.05) is 12.5 Å². The Labute approximate surface area is 328 Å². The molecule has 1 N–H and O–H groups in total. The lowest BCUT2D eigenvalue weighted by molar-refractivity contribution is -0.278. The van der Waals surface area contributed by atoms with Crippen molar-refractivity contribution < 1.29 is 38.1 Å². The summed E-state index contributed by atoms with van der Waals surface area (Å²) < 4.78 is 45.8. The topological polar surface area (TPSA) is 102 Å². The highest BCUT2D eigenvalue weighted by atomic mass is 16.6. The Morgan fingerprint density at radius 3 is 1.39 bits per heavy atom. The third-order valence-corrected chi connectivity index (χ3v) is 9.81. The van der Waals surface area contributed by atoms with E-state index in [2.05, 4.69) is 5.16 Å². The van der Waals surface area contributed by atoms with Crippen LogP contribution in [0.3, 0.4) is 0 Å². The molecule has 290 valence electrons. The first-order valence-corrected chi connectivity index (χ1v) is 19.2. The maximum absolute atomic E-state index is 12.1. The Balaban J connectivity index is 1.20. The van der Waals surface area contributed by atoms with Gasteiger partial charge in [-0.25, -0.2) is 0 Å². The molecule has 7 rings (SSSR count). The van der Waals surface area contributed by atoms with Crippen molar-refractivity contribution in [3.63, 3.8) is 0 Å². The van der Waals surface area contributed by atoms with Crippen molar-refractivity contribution in [1.29, 1.82) is 0 Å². The molecule has 0 bridgehead atoms. The molecule has 0 aliphatic carbocycles. The molecule has 1 fully saturated rings. The van der Waals surface area contributed by atoms with E-state index in [0.29, 0.717) is 32.2 Å². The van der Waals surface area contributed by atoms with Gasteiger partial charge in [-0.15, -0.1) is 0 Å². The van der Waals surface area contributed by atoms with Crippen molar-refractivity contribution in [2.24, 2.45) is 0 Å². The van der Waals surface area contributed by atoms with Gasteiger partial charge in [0.05, 0.1) is 58.0 Å². The van der Waals surface area contributed by atoms with Gasteiger partial charge in [0.15, 0.2) is 5.76 Å². The van der Waals surface area contributed by atoms with Crippen LogP contribution in [0, 0.1) is 0 Å². The first-order chi connectivity index (χ1) is 27.7. The third kappa shape index (κ3) is 11.3. The number of aliphatic hydroxyl groups is 1. The molecule has 1 aromatic heterocycles. The summed E-state index contributed by atoms with van der Waals surface area (Å²) in [6.45, 7) is 1.81. The summed E-state index contributed by atoms with van der Waals surface area (Å²) in [6.07, 6.45) is -3.34. The molecule has 9 nitrogen and oxygen atoms in total. The highest BCUT2D eigenvalue weighted by molar-refractivity contribution is 5.17. The van der Waals surface area contributed by atoms with E-state index in [1.807, 2.05) is 152 Å². The van der Waals surface area contributed by atoms with E-state index in [1.54, 1.807) is 12.3 Å². The molecule has 5 aromatic carbocycles. The first-order valence-electron chi connectivity index (χ1n) is 19.2. The summed E-state index contributed by atoms with van der Waals surface area (Å²) in [5.41, 5.74) is 5.03. The van der Waals surface area contributed by atoms with Crippen LogP contribution in [0.1, 0.15) is 46.1 Å². The van der Waals surface area contributed by atoms with Gasteiger partial charge in [0.25, 0.3) is 0 Å². The summed E-state index contributed by atoms with van der Waals surface area (Å²) in [5, 5.41) is 16.0. The Morgan fingerprint density at radius 2 is 0.929 bits per heavy atom. The van der Waals surface area contributed by atoms with Crippen molar-refractivity contribution >= 4 is 0 Å². The van der Waals surface area contributed by atoms with Crippen molar-refractivity contribution in [3.8, 4) is 0 Å². The van der Waals surface area contributed by atoms with Crippen molar-refractivity contribution in [1.82, 2.24) is 5.16 Å². The second kappa shape index (κ2) is 20.8. The number of aromatic nitrogens is 1. The molecule has 1 aliphatic rings. The van der Waals surface area contributed by atoms with E-state index in [9.17, 15) is 5.11 Å². The lowest BCUT2D eigenvalue weighted by Gasteiger charge is -2.47. The highest BCUT2D eigenvalue weighted by Gasteiger charge is 2.49. The molecule has 7 atom stereocenters. The zero-order valence-electron chi connectivity index (χ0n) is 31.3. The minimum absolute atomic E-state index is 0.130. The minimum Gasteiger partial charge on any atom is -0.390 e. The summed E-state index contributed by atoms with van der Waals surface area (Å²) in [7, 11) is 0. The van der Waals surface area contributed by atoms with E-state index >= 15 is 0 Å². The maximum Gasteiger partial charge on any atom is 0.168 e. The number of nitrogens with zero attached hydrogens (tertiary/aromatic N) is 1. The molecule has 0 saturated carbocycles. The number of ether oxygens (including phenoxy) is 6. The molecule has 6 aromatic rings. The van der Waals surface area contributed by atoms with Gasteiger partial charge in [-0.05, 0) is 27.8 Å². The molecule has 2 heterocycles. The fraction of sp³-hybridized carbons (Fsp3) is 0.298. The summed E-state index contributed by atoms with van der Waals surface area (Å²) in [5.74, 6) is 0.412. The number of benzene rings is 5. The van der Waals surface area contributed by atoms with Gasteiger partial charge in [0.2, 0.25) is 0 Å². The summed E-state index contributed by atoms with van der Waals surface area (Å²) >= 11 is 0. The second-order valence-electron chi connectivity index (χ2n) is 13.9. The van der Waals surface area contributed by atoms with Gasteiger partial charge in [0.1, 0.15) is 30.5 Å². The molecule has 0 radical (unpaired) electrons. The third-order valence-electron chi connectivity index (χ3n) is 9.81. The fourth-order valence-electron chi connectivity index (χ4n) is 6.95. The fourth-order valence-corrected chi connectivity index (χ4v) is 6.95. The van der Waals surface area contributed by atoms with E-state index in [-0.39, 0.29) is 19.6 Å². The monoisotopic (exact) mass is 755 g/mol. The highest BCUT2D eigenvalue weighted by Crippen LogP contribution is 2.35. The minimum atomic E-state index is -1.07. The quantitative estimate of drug-likeness (QED) is 0.0823. The maximum atomic E-state index is 12.1. The number of hydrogen-bond acceptors (Lipinski definition) is 9. The molecule has 0 spiro atoms. The average molecular weight is 756 g/mol. The average Bonchev–Trinajstić information content (AvgIpc) is 3.79. The van der Waals surface area contributed by atoms with Crippen LogP contribution in [-0.2, 0) is 61.5 Å². The molecule has 56 heavy (non-hydrogen) atoms. The molecule has 1 saturated heterocycles. The zero-order chi connectivity index (χ0) is 38.2. The van der Waals surface area contributed by atoms with Crippen molar-refractivity contribution in [2.75, 3.05) is 6.61 Å². The van der Waals surface area contributed by atoms with Gasteiger partial charge < -0.3 is 38.1 Å². The lowest BCUT2D eigenvalue weighted by Crippen LogP contribution is -2.61. The predicted octanol–water partition coefficient (Wildman–Crippen LogP) is 8.42. The largest absolute Gasteiger partial charge is 0.390 e.